The lowest BCUT2D eigenvalue weighted by molar-refractivity contribution is -0.139. The molecule has 31 heavy (non-hydrogen) atoms. The highest BCUT2D eigenvalue weighted by Crippen LogP contribution is 2.45. The molecule has 2 aromatic carbocycles. The number of carbonyl (C=O) groups is 1. The van der Waals surface area contributed by atoms with E-state index in [2.05, 4.69) is 0 Å². The lowest BCUT2D eigenvalue weighted by Gasteiger charge is -2.16. The summed E-state index contributed by atoms with van der Waals surface area (Å²) in [4.78, 5) is 15.6. The summed E-state index contributed by atoms with van der Waals surface area (Å²) in [6.07, 6.45) is 2.80. The molecule has 1 saturated carbocycles. The predicted octanol–water partition coefficient (Wildman–Crippen LogP) is 4.52. The molecule has 0 radical (unpaired) electrons. The Kier molecular flexibility index (Phi) is 6.11. The molecule has 3 N–H and O–H groups in total. The van der Waals surface area contributed by atoms with Gasteiger partial charge >= 0.3 is 5.97 Å². The molecule has 3 aromatic rings. The van der Waals surface area contributed by atoms with Gasteiger partial charge in [-0.2, -0.15) is 0 Å². The van der Waals surface area contributed by atoms with Gasteiger partial charge in [0.15, 0.2) is 0 Å². The van der Waals surface area contributed by atoms with E-state index in [9.17, 15) is 19.4 Å². The number of aliphatic carboxylic acids is 1. The summed E-state index contributed by atoms with van der Waals surface area (Å²) in [5.74, 6) is -1.10. The molecule has 5 nitrogen and oxygen atoms in total. The molecule has 0 bridgehead atoms. The largest absolute Gasteiger partial charge is 0.481 e. The van der Waals surface area contributed by atoms with E-state index in [0.29, 0.717) is 5.92 Å². The Morgan fingerprint density at radius 2 is 1.84 bits per heavy atom. The molecule has 0 unspecified atom stereocenters. The van der Waals surface area contributed by atoms with Crippen molar-refractivity contribution in [1.82, 2.24) is 4.98 Å². The molecule has 1 heterocycles. The number of benzene rings is 2. The van der Waals surface area contributed by atoms with Crippen molar-refractivity contribution in [2.75, 3.05) is 0 Å². The number of para-hydroxylation sites is 1. The maximum atomic E-state index is 13.6. The second-order valence-corrected chi connectivity index (χ2v) is 8.00. The number of aromatic nitrogens is 1. The van der Waals surface area contributed by atoms with Crippen LogP contribution in [0.4, 0.5) is 4.39 Å². The maximum Gasteiger partial charge on any atom is 0.305 e. The molecule has 2 atom stereocenters. The van der Waals surface area contributed by atoms with Crippen molar-refractivity contribution < 1.29 is 24.5 Å². The van der Waals surface area contributed by atoms with Crippen molar-refractivity contribution in [3.63, 3.8) is 0 Å². The lowest BCUT2D eigenvalue weighted by Crippen LogP contribution is -2.19. The van der Waals surface area contributed by atoms with E-state index in [0.717, 1.165) is 46.1 Å². The van der Waals surface area contributed by atoms with Crippen LogP contribution in [-0.2, 0) is 4.79 Å². The Bertz CT molecular complexity index is 1120. The SMILES string of the molecule is O=C(O)C[C@@H](O)C[C@H](O)/C=C\c1c(C2CC2)nc2ccccc2c1-c1ccc(F)cc1. The summed E-state index contributed by atoms with van der Waals surface area (Å²) >= 11 is 0. The number of nitrogens with zero attached hydrogens (tertiary/aromatic N) is 1. The van der Waals surface area contributed by atoms with E-state index >= 15 is 0 Å². The Morgan fingerprint density at radius 1 is 1.13 bits per heavy atom. The van der Waals surface area contributed by atoms with Gasteiger partial charge in [-0.1, -0.05) is 42.5 Å². The Labute approximate surface area is 179 Å². The van der Waals surface area contributed by atoms with Gasteiger partial charge in [-0.25, -0.2) is 4.39 Å². The third kappa shape index (κ3) is 4.98. The van der Waals surface area contributed by atoms with Crippen LogP contribution in [0.5, 0.6) is 0 Å². The van der Waals surface area contributed by atoms with Crippen molar-refractivity contribution in [2.24, 2.45) is 0 Å². The van der Waals surface area contributed by atoms with Crippen molar-refractivity contribution in [3.05, 3.63) is 71.7 Å². The minimum Gasteiger partial charge on any atom is -0.481 e. The molecule has 1 aromatic heterocycles. The van der Waals surface area contributed by atoms with Gasteiger partial charge in [0.2, 0.25) is 0 Å². The van der Waals surface area contributed by atoms with E-state index in [1.807, 2.05) is 24.3 Å². The van der Waals surface area contributed by atoms with Crippen molar-refractivity contribution in [2.45, 2.75) is 43.8 Å². The third-order valence-electron chi connectivity index (χ3n) is 5.47. The van der Waals surface area contributed by atoms with E-state index in [4.69, 9.17) is 10.1 Å². The van der Waals surface area contributed by atoms with E-state index in [1.54, 1.807) is 24.3 Å². The number of pyridine rings is 1. The highest BCUT2D eigenvalue weighted by Gasteiger charge is 2.29. The van der Waals surface area contributed by atoms with Crippen LogP contribution in [-0.4, -0.2) is 38.5 Å². The molecule has 1 aliphatic carbocycles. The third-order valence-corrected chi connectivity index (χ3v) is 5.47. The van der Waals surface area contributed by atoms with E-state index in [1.165, 1.54) is 12.1 Å². The van der Waals surface area contributed by atoms with Gasteiger partial charge in [0.1, 0.15) is 5.82 Å². The fraction of sp³-hybridized carbons (Fsp3) is 0.280. The molecule has 0 saturated heterocycles. The number of aliphatic hydroxyl groups is 2. The minimum absolute atomic E-state index is 0.0749. The second kappa shape index (κ2) is 8.96. The van der Waals surface area contributed by atoms with Crippen molar-refractivity contribution >= 4 is 22.9 Å². The first kappa shape index (κ1) is 21.2. The zero-order valence-corrected chi connectivity index (χ0v) is 16.9. The monoisotopic (exact) mass is 421 g/mol. The van der Waals surface area contributed by atoms with Gasteiger partial charge in [-0.05, 0) is 36.6 Å². The van der Waals surface area contributed by atoms with Crippen LogP contribution in [0.15, 0.2) is 54.6 Å². The molecule has 1 fully saturated rings. The molecular formula is C25H24FNO4. The highest BCUT2D eigenvalue weighted by atomic mass is 19.1. The number of hydrogen-bond acceptors (Lipinski definition) is 4. The number of fused-ring (bicyclic) bond motifs is 1. The van der Waals surface area contributed by atoms with Gasteiger partial charge in [0.25, 0.3) is 0 Å². The Hall–Kier alpha value is -3.09. The number of aliphatic hydroxyl groups excluding tert-OH is 2. The van der Waals surface area contributed by atoms with Crippen LogP contribution in [0.1, 0.15) is 42.9 Å². The molecule has 0 spiro atoms. The van der Waals surface area contributed by atoms with E-state index < -0.39 is 24.6 Å². The van der Waals surface area contributed by atoms with Crippen LogP contribution >= 0.6 is 0 Å². The van der Waals surface area contributed by atoms with Gasteiger partial charge in [0.05, 0.1) is 29.8 Å². The topological polar surface area (TPSA) is 90.7 Å². The number of halogens is 1. The lowest BCUT2D eigenvalue weighted by atomic mass is 9.92. The van der Waals surface area contributed by atoms with Gasteiger partial charge in [-0.15, -0.1) is 0 Å². The molecule has 0 aliphatic heterocycles. The zero-order valence-electron chi connectivity index (χ0n) is 16.9. The summed E-state index contributed by atoms with van der Waals surface area (Å²) in [7, 11) is 0. The summed E-state index contributed by atoms with van der Waals surface area (Å²) in [5, 5.41) is 29.9. The van der Waals surface area contributed by atoms with E-state index in [-0.39, 0.29) is 12.2 Å². The zero-order chi connectivity index (χ0) is 22.0. The average Bonchev–Trinajstić information content (AvgIpc) is 3.56. The quantitative estimate of drug-likeness (QED) is 0.498. The molecule has 160 valence electrons. The number of carboxylic acid groups (broad SMARTS) is 1. The Morgan fingerprint density at radius 3 is 2.52 bits per heavy atom. The first-order valence-corrected chi connectivity index (χ1v) is 10.4. The predicted molar refractivity (Wildman–Crippen MR) is 117 cm³/mol. The molecule has 1 aliphatic rings. The average molecular weight is 421 g/mol. The normalized spacial score (nSPS) is 16.0. The van der Waals surface area contributed by atoms with Gasteiger partial charge < -0.3 is 15.3 Å². The molecule has 0 amide bonds. The highest BCUT2D eigenvalue weighted by molar-refractivity contribution is 5.99. The first-order chi connectivity index (χ1) is 14.9. The maximum absolute atomic E-state index is 13.6. The van der Waals surface area contributed by atoms with Crippen LogP contribution in [0.2, 0.25) is 0 Å². The van der Waals surface area contributed by atoms with Gasteiger partial charge in [-0.3, -0.25) is 9.78 Å². The molecule has 4 rings (SSSR count). The fourth-order valence-electron chi connectivity index (χ4n) is 3.86. The fourth-order valence-corrected chi connectivity index (χ4v) is 3.86. The number of rotatable bonds is 8. The standard InChI is InChI=1S/C25H24FNO4/c26-17-9-7-15(8-10-17)24-20-3-1-2-4-22(20)27-25(16-5-6-16)21(24)12-11-18(28)13-19(29)14-23(30)31/h1-4,7-12,16,18-19,28-29H,5-6,13-14H2,(H,30,31)/b12-11-/t18-,19+/m1/s1. The van der Waals surface area contributed by atoms with Crippen molar-refractivity contribution in [1.29, 1.82) is 0 Å². The van der Waals surface area contributed by atoms with Crippen LogP contribution in [0.25, 0.3) is 28.1 Å². The van der Waals surface area contributed by atoms with Crippen molar-refractivity contribution in [3.8, 4) is 11.1 Å². The summed E-state index contributed by atoms with van der Waals surface area (Å²) in [6.45, 7) is 0. The summed E-state index contributed by atoms with van der Waals surface area (Å²) < 4.78 is 13.6. The van der Waals surface area contributed by atoms with Crippen LogP contribution < -0.4 is 0 Å². The number of carboxylic acids is 1. The van der Waals surface area contributed by atoms with Gasteiger partial charge in [0, 0.05) is 28.9 Å². The number of hydrogen-bond donors (Lipinski definition) is 3. The Balaban J connectivity index is 1.79. The molecular weight excluding hydrogens is 397 g/mol. The minimum atomic E-state index is -1.13. The smallest absolute Gasteiger partial charge is 0.305 e. The first-order valence-electron chi connectivity index (χ1n) is 10.4. The summed E-state index contributed by atoms with van der Waals surface area (Å²) in [5.41, 5.74) is 4.43. The summed E-state index contributed by atoms with van der Waals surface area (Å²) in [6, 6.07) is 14.1. The van der Waals surface area contributed by atoms with Crippen LogP contribution in [0, 0.1) is 5.82 Å². The second-order valence-electron chi connectivity index (χ2n) is 8.00. The molecule has 6 heteroatoms. The van der Waals surface area contributed by atoms with Crippen LogP contribution in [0.3, 0.4) is 0 Å².